The van der Waals surface area contributed by atoms with Gasteiger partial charge in [0.1, 0.15) is 11.9 Å². The van der Waals surface area contributed by atoms with Gasteiger partial charge in [0, 0.05) is 43.0 Å². The summed E-state index contributed by atoms with van der Waals surface area (Å²) < 4.78 is 20.7. The maximum absolute atomic E-state index is 15.0. The summed E-state index contributed by atoms with van der Waals surface area (Å²) in [5.41, 5.74) is 3.81. The second kappa shape index (κ2) is 9.23. The SMILES string of the molecule is CCCC(F)c1cc(N2CCN(CC)CC2)cc(-c2ccccc2)c1OC. The number of halogens is 1. The summed E-state index contributed by atoms with van der Waals surface area (Å²) in [6.07, 6.45) is 0.312. The van der Waals surface area contributed by atoms with Gasteiger partial charge in [-0.25, -0.2) is 4.39 Å². The number of anilines is 1. The van der Waals surface area contributed by atoms with Gasteiger partial charge in [-0.05, 0) is 30.7 Å². The molecule has 2 aromatic carbocycles. The highest BCUT2D eigenvalue weighted by Crippen LogP contribution is 2.42. The van der Waals surface area contributed by atoms with E-state index in [0.717, 1.165) is 56.0 Å². The van der Waals surface area contributed by atoms with Gasteiger partial charge in [0.15, 0.2) is 0 Å². The number of rotatable bonds is 7. The average Bonchev–Trinajstić information content (AvgIpc) is 2.73. The predicted octanol–water partition coefficient (Wildman–Crippen LogP) is 5.31. The first-order valence-corrected chi connectivity index (χ1v) is 10.1. The maximum Gasteiger partial charge on any atom is 0.132 e. The lowest BCUT2D eigenvalue weighted by Crippen LogP contribution is -2.46. The molecule has 1 heterocycles. The number of ether oxygens (including phenoxy) is 1. The molecule has 4 heteroatoms. The Bertz CT molecular complexity index is 727. The van der Waals surface area contributed by atoms with Gasteiger partial charge < -0.3 is 14.5 Å². The van der Waals surface area contributed by atoms with Crippen LogP contribution in [-0.2, 0) is 0 Å². The smallest absolute Gasteiger partial charge is 0.132 e. The van der Waals surface area contributed by atoms with E-state index in [1.807, 2.05) is 31.2 Å². The third kappa shape index (κ3) is 4.44. The molecule has 1 atom stereocenters. The first kappa shape index (κ1) is 19.7. The normalized spacial score (nSPS) is 16.4. The van der Waals surface area contributed by atoms with Gasteiger partial charge in [-0.1, -0.05) is 50.6 Å². The molecule has 0 aliphatic carbocycles. The van der Waals surface area contributed by atoms with Crippen LogP contribution in [0.5, 0.6) is 5.75 Å². The number of piperazine rings is 1. The van der Waals surface area contributed by atoms with Crippen molar-refractivity contribution in [3.05, 3.63) is 48.0 Å². The fourth-order valence-corrected chi connectivity index (χ4v) is 3.84. The zero-order chi connectivity index (χ0) is 19.2. The Morgan fingerprint density at radius 2 is 1.74 bits per heavy atom. The van der Waals surface area contributed by atoms with E-state index in [-0.39, 0.29) is 0 Å². The molecule has 0 spiro atoms. The summed E-state index contributed by atoms with van der Waals surface area (Å²) in [5, 5.41) is 0. The van der Waals surface area contributed by atoms with Crippen LogP contribution in [0.4, 0.5) is 10.1 Å². The summed E-state index contributed by atoms with van der Waals surface area (Å²) in [6, 6.07) is 14.3. The van der Waals surface area contributed by atoms with Crippen molar-refractivity contribution < 1.29 is 9.13 Å². The highest BCUT2D eigenvalue weighted by molar-refractivity contribution is 5.77. The van der Waals surface area contributed by atoms with Crippen molar-refractivity contribution in [3.8, 4) is 16.9 Å². The van der Waals surface area contributed by atoms with Gasteiger partial charge in [0.2, 0.25) is 0 Å². The number of likely N-dealkylation sites (N-methyl/N-ethyl adjacent to an activating group) is 1. The molecule has 1 aliphatic heterocycles. The first-order valence-electron chi connectivity index (χ1n) is 10.1. The van der Waals surface area contributed by atoms with Gasteiger partial charge in [0.25, 0.3) is 0 Å². The topological polar surface area (TPSA) is 15.7 Å². The maximum atomic E-state index is 15.0. The molecule has 0 bridgehead atoms. The van der Waals surface area contributed by atoms with Crippen LogP contribution in [-0.4, -0.2) is 44.7 Å². The van der Waals surface area contributed by atoms with E-state index < -0.39 is 6.17 Å². The van der Waals surface area contributed by atoms with Crippen LogP contribution in [0, 0.1) is 0 Å². The lowest BCUT2D eigenvalue weighted by Gasteiger charge is -2.36. The Morgan fingerprint density at radius 1 is 1.04 bits per heavy atom. The molecule has 0 saturated carbocycles. The number of hydrogen-bond donors (Lipinski definition) is 0. The highest BCUT2D eigenvalue weighted by atomic mass is 19.1. The van der Waals surface area contributed by atoms with Crippen LogP contribution in [0.25, 0.3) is 11.1 Å². The summed E-state index contributed by atoms with van der Waals surface area (Å²) in [7, 11) is 1.64. The Kier molecular flexibility index (Phi) is 6.73. The second-order valence-electron chi connectivity index (χ2n) is 7.16. The van der Waals surface area contributed by atoms with Crippen LogP contribution in [0.15, 0.2) is 42.5 Å². The van der Waals surface area contributed by atoms with E-state index in [2.05, 4.69) is 34.9 Å². The molecule has 1 unspecified atom stereocenters. The van der Waals surface area contributed by atoms with Crippen LogP contribution < -0.4 is 9.64 Å². The monoisotopic (exact) mass is 370 g/mol. The third-order valence-electron chi connectivity index (χ3n) is 5.46. The fourth-order valence-electron chi connectivity index (χ4n) is 3.84. The van der Waals surface area contributed by atoms with Crippen molar-refractivity contribution in [1.29, 1.82) is 0 Å². The summed E-state index contributed by atoms with van der Waals surface area (Å²) in [5.74, 6) is 0.665. The first-order chi connectivity index (χ1) is 13.2. The minimum Gasteiger partial charge on any atom is -0.496 e. The molecule has 3 nitrogen and oxygen atoms in total. The summed E-state index contributed by atoms with van der Waals surface area (Å²) in [4.78, 5) is 4.83. The molecular formula is C23H31FN2O. The van der Waals surface area contributed by atoms with Gasteiger partial charge in [0.05, 0.1) is 7.11 Å². The molecule has 0 amide bonds. The lowest BCUT2D eigenvalue weighted by molar-refractivity contribution is 0.271. The minimum atomic E-state index is -1.01. The fraction of sp³-hybridized carbons (Fsp3) is 0.478. The molecular weight excluding hydrogens is 339 g/mol. The van der Waals surface area contributed by atoms with Crippen molar-refractivity contribution in [2.45, 2.75) is 32.9 Å². The third-order valence-corrected chi connectivity index (χ3v) is 5.46. The van der Waals surface area contributed by atoms with Crippen LogP contribution in [0.1, 0.15) is 38.4 Å². The molecule has 27 heavy (non-hydrogen) atoms. The van der Waals surface area contributed by atoms with Crippen molar-refractivity contribution in [2.24, 2.45) is 0 Å². The zero-order valence-corrected chi connectivity index (χ0v) is 16.7. The van der Waals surface area contributed by atoms with Gasteiger partial charge in [-0.3, -0.25) is 0 Å². The number of hydrogen-bond acceptors (Lipinski definition) is 3. The molecule has 0 N–H and O–H groups in total. The molecule has 146 valence electrons. The van der Waals surface area contributed by atoms with Crippen molar-refractivity contribution >= 4 is 5.69 Å². The van der Waals surface area contributed by atoms with Crippen LogP contribution in [0.2, 0.25) is 0 Å². The zero-order valence-electron chi connectivity index (χ0n) is 16.7. The van der Waals surface area contributed by atoms with Crippen LogP contribution in [0.3, 0.4) is 0 Å². The Hall–Kier alpha value is -2.07. The number of benzene rings is 2. The Morgan fingerprint density at radius 3 is 2.33 bits per heavy atom. The van der Waals surface area contributed by atoms with Gasteiger partial charge in [-0.15, -0.1) is 0 Å². The molecule has 1 saturated heterocycles. The largest absolute Gasteiger partial charge is 0.496 e. The van der Waals surface area contributed by atoms with E-state index in [1.54, 1.807) is 7.11 Å². The van der Waals surface area contributed by atoms with Gasteiger partial charge in [-0.2, -0.15) is 0 Å². The number of alkyl halides is 1. The van der Waals surface area contributed by atoms with Crippen LogP contribution >= 0.6 is 0 Å². The average molecular weight is 371 g/mol. The van der Waals surface area contributed by atoms with Gasteiger partial charge >= 0.3 is 0 Å². The minimum absolute atomic E-state index is 0.512. The van der Waals surface area contributed by atoms with E-state index >= 15 is 4.39 Å². The quantitative estimate of drug-likeness (QED) is 0.656. The standard InChI is InChI=1S/C23H31FN2O/c1-4-9-22(24)21-17-19(26-14-12-25(5-2)13-15-26)16-20(23(21)27-3)18-10-7-6-8-11-18/h6-8,10-11,16-17,22H,4-5,9,12-15H2,1-3H3. The number of nitrogens with zero attached hydrogens (tertiary/aromatic N) is 2. The highest BCUT2D eigenvalue weighted by Gasteiger charge is 2.23. The lowest BCUT2D eigenvalue weighted by atomic mass is 9.96. The second-order valence-corrected chi connectivity index (χ2v) is 7.16. The molecule has 0 aromatic heterocycles. The van der Waals surface area contributed by atoms with Crippen molar-refractivity contribution in [2.75, 3.05) is 44.7 Å². The van der Waals surface area contributed by atoms with Crippen molar-refractivity contribution in [3.63, 3.8) is 0 Å². The Labute approximate surface area is 162 Å². The predicted molar refractivity (Wildman–Crippen MR) is 112 cm³/mol. The molecule has 1 fully saturated rings. The molecule has 1 aliphatic rings. The molecule has 2 aromatic rings. The Balaban J connectivity index is 2.04. The number of methoxy groups -OCH3 is 1. The van der Waals surface area contributed by atoms with E-state index in [9.17, 15) is 0 Å². The summed E-state index contributed by atoms with van der Waals surface area (Å²) in [6.45, 7) is 9.34. The van der Waals surface area contributed by atoms with E-state index in [1.165, 1.54) is 0 Å². The van der Waals surface area contributed by atoms with Crippen molar-refractivity contribution in [1.82, 2.24) is 4.90 Å². The molecule has 0 radical (unpaired) electrons. The van der Waals surface area contributed by atoms with E-state index in [4.69, 9.17) is 4.74 Å². The van der Waals surface area contributed by atoms with E-state index in [0.29, 0.717) is 17.7 Å². The summed E-state index contributed by atoms with van der Waals surface area (Å²) >= 11 is 0. The molecule has 3 rings (SSSR count).